The van der Waals surface area contributed by atoms with Crippen molar-refractivity contribution in [2.45, 2.75) is 37.6 Å². The van der Waals surface area contributed by atoms with Crippen LogP contribution in [-0.2, 0) is 9.22 Å². The largest absolute Gasteiger partial charge is 0.496 e. The van der Waals surface area contributed by atoms with E-state index in [0.717, 1.165) is 31.6 Å². The summed E-state index contributed by atoms with van der Waals surface area (Å²) >= 11 is 0.979. The van der Waals surface area contributed by atoms with Gasteiger partial charge in [-0.25, -0.2) is 4.89 Å². The molecular formula is C17H27N3O4S. The number of nitrogen functional groups attached to an aromatic ring is 1. The van der Waals surface area contributed by atoms with E-state index in [9.17, 15) is 4.79 Å². The molecule has 140 valence electrons. The van der Waals surface area contributed by atoms with Gasteiger partial charge >= 0.3 is 0 Å². The highest BCUT2D eigenvalue weighted by atomic mass is 32.2. The zero-order valence-corrected chi connectivity index (χ0v) is 15.9. The van der Waals surface area contributed by atoms with Crippen LogP contribution in [0.4, 0.5) is 5.69 Å². The monoisotopic (exact) mass is 369 g/mol. The number of likely N-dealkylation sites (N-methyl/N-ethyl adjacent to an activating group) is 1. The van der Waals surface area contributed by atoms with Crippen molar-refractivity contribution in [2.24, 2.45) is 0 Å². The second kappa shape index (κ2) is 9.86. The zero-order chi connectivity index (χ0) is 18.2. The fraction of sp³-hybridized carbons (Fsp3) is 0.588. The van der Waals surface area contributed by atoms with Gasteiger partial charge in [0.05, 0.1) is 41.9 Å². The third kappa shape index (κ3) is 5.24. The molecule has 1 atom stereocenters. The second-order valence-electron chi connectivity index (χ2n) is 5.78. The Labute approximate surface area is 153 Å². The normalized spacial score (nSPS) is 17.6. The van der Waals surface area contributed by atoms with E-state index >= 15 is 0 Å². The van der Waals surface area contributed by atoms with Crippen molar-refractivity contribution >= 4 is 23.6 Å². The van der Waals surface area contributed by atoms with Crippen molar-refractivity contribution < 1.29 is 18.8 Å². The lowest BCUT2D eigenvalue weighted by Gasteiger charge is -2.23. The fourth-order valence-corrected chi connectivity index (χ4v) is 3.49. The molecule has 1 aliphatic rings. The van der Waals surface area contributed by atoms with Crippen molar-refractivity contribution in [2.75, 3.05) is 39.1 Å². The number of anilines is 1. The maximum Gasteiger partial charge on any atom is 0.255 e. The van der Waals surface area contributed by atoms with Gasteiger partial charge in [0.1, 0.15) is 5.75 Å². The number of nitrogens with two attached hydrogens (primary N) is 1. The molecule has 0 bridgehead atoms. The van der Waals surface area contributed by atoms with Gasteiger partial charge in [0.15, 0.2) is 0 Å². The number of ether oxygens (including phenoxy) is 1. The van der Waals surface area contributed by atoms with Crippen LogP contribution >= 0.6 is 12.0 Å². The summed E-state index contributed by atoms with van der Waals surface area (Å²) < 4.78 is 10.3. The Morgan fingerprint density at radius 3 is 2.92 bits per heavy atom. The van der Waals surface area contributed by atoms with Crippen LogP contribution in [0, 0.1) is 0 Å². The van der Waals surface area contributed by atoms with Crippen molar-refractivity contribution in [1.29, 1.82) is 0 Å². The Morgan fingerprint density at radius 1 is 1.44 bits per heavy atom. The summed E-state index contributed by atoms with van der Waals surface area (Å²) in [5, 5.41) is 3.01. The van der Waals surface area contributed by atoms with Crippen LogP contribution in [0.1, 0.15) is 37.0 Å². The number of carbonyl (C=O) groups excluding carboxylic acids is 1. The molecule has 1 heterocycles. The maximum absolute atomic E-state index is 12.6. The Bertz CT molecular complexity index is 585. The number of nitrogens with one attached hydrogen (secondary N) is 1. The maximum atomic E-state index is 12.6. The van der Waals surface area contributed by atoms with E-state index in [1.54, 1.807) is 12.1 Å². The summed E-state index contributed by atoms with van der Waals surface area (Å²) in [4.78, 5) is 20.5. The van der Waals surface area contributed by atoms with E-state index in [2.05, 4.69) is 17.1 Å². The second-order valence-corrected chi connectivity index (χ2v) is 6.53. The number of benzene rings is 1. The first kappa shape index (κ1) is 19.8. The summed E-state index contributed by atoms with van der Waals surface area (Å²) in [7, 11) is 1.52. The molecular weight excluding hydrogens is 342 g/mol. The number of likely N-dealkylation sites (tertiary alicyclic amines) is 1. The molecule has 0 aromatic heterocycles. The first-order valence-electron chi connectivity index (χ1n) is 8.56. The number of hydrogen-bond acceptors (Lipinski definition) is 7. The minimum Gasteiger partial charge on any atom is -0.496 e. The van der Waals surface area contributed by atoms with E-state index in [0.29, 0.717) is 41.1 Å². The van der Waals surface area contributed by atoms with Gasteiger partial charge in [-0.1, -0.05) is 6.92 Å². The topological polar surface area (TPSA) is 86.0 Å². The van der Waals surface area contributed by atoms with Crippen LogP contribution in [0.3, 0.4) is 0 Å². The van der Waals surface area contributed by atoms with E-state index in [-0.39, 0.29) is 5.91 Å². The molecule has 7 nitrogen and oxygen atoms in total. The summed E-state index contributed by atoms with van der Waals surface area (Å²) in [6.45, 7) is 7.10. The number of carbonyl (C=O) groups is 1. The summed E-state index contributed by atoms with van der Waals surface area (Å²) in [5.74, 6) is 0.257. The standard InChI is InChI=1S/C17H27N3O4S/c1-4-20-8-6-7-12(20)11-19-17(21)13-9-16(25-24-23-5-2)14(18)10-15(13)22-3/h9-10,12H,4-8,11,18H2,1-3H3,(H,19,21). The number of nitrogens with zero attached hydrogens (tertiary/aromatic N) is 1. The van der Waals surface area contributed by atoms with E-state index in [1.165, 1.54) is 13.5 Å². The van der Waals surface area contributed by atoms with Gasteiger partial charge in [-0.05, 0) is 38.9 Å². The molecule has 1 aromatic rings. The number of hydrogen-bond donors (Lipinski definition) is 2. The molecule has 0 spiro atoms. The number of methoxy groups -OCH3 is 1. The highest BCUT2D eigenvalue weighted by molar-refractivity contribution is 7.94. The zero-order valence-electron chi connectivity index (χ0n) is 15.0. The smallest absolute Gasteiger partial charge is 0.255 e. The molecule has 0 radical (unpaired) electrons. The Morgan fingerprint density at radius 2 is 2.24 bits per heavy atom. The Hall–Kier alpha value is -1.48. The SMILES string of the molecule is CCOOSc1cc(C(=O)NCC2CCCN2CC)c(OC)cc1N. The molecule has 3 N–H and O–H groups in total. The van der Waals surface area contributed by atoms with Crippen molar-refractivity contribution in [3.63, 3.8) is 0 Å². The minimum absolute atomic E-state index is 0.182. The van der Waals surface area contributed by atoms with Crippen molar-refractivity contribution in [1.82, 2.24) is 10.2 Å². The lowest BCUT2D eigenvalue weighted by molar-refractivity contribution is -0.185. The predicted octanol–water partition coefficient (Wildman–Crippen LogP) is 2.47. The molecule has 25 heavy (non-hydrogen) atoms. The van der Waals surface area contributed by atoms with Gasteiger partial charge < -0.3 is 15.8 Å². The lowest BCUT2D eigenvalue weighted by atomic mass is 10.1. The molecule has 1 amide bonds. The first-order valence-corrected chi connectivity index (χ1v) is 9.30. The molecule has 1 fully saturated rings. The van der Waals surface area contributed by atoms with E-state index in [1.807, 2.05) is 6.92 Å². The quantitative estimate of drug-likeness (QED) is 0.227. The van der Waals surface area contributed by atoms with Crippen LogP contribution in [0.5, 0.6) is 5.75 Å². The van der Waals surface area contributed by atoms with Gasteiger partial charge in [-0.3, -0.25) is 9.69 Å². The summed E-state index contributed by atoms with van der Waals surface area (Å²) in [5.41, 5.74) is 6.88. The Balaban J connectivity index is 2.07. The molecule has 0 aliphatic carbocycles. The third-order valence-corrected chi connectivity index (χ3v) is 4.97. The summed E-state index contributed by atoms with van der Waals surface area (Å²) in [6.07, 6.45) is 2.28. The average molecular weight is 369 g/mol. The van der Waals surface area contributed by atoms with Gasteiger partial charge in [0.2, 0.25) is 0 Å². The predicted molar refractivity (Wildman–Crippen MR) is 98.6 cm³/mol. The molecule has 1 unspecified atom stereocenters. The summed E-state index contributed by atoms with van der Waals surface area (Å²) in [6, 6.07) is 3.68. The van der Waals surface area contributed by atoms with Gasteiger partial charge in [-0.2, -0.15) is 4.33 Å². The van der Waals surface area contributed by atoms with Crippen LogP contribution < -0.4 is 15.8 Å². The van der Waals surface area contributed by atoms with Gasteiger partial charge in [0, 0.05) is 18.7 Å². The molecule has 1 aromatic carbocycles. The van der Waals surface area contributed by atoms with Crippen molar-refractivity contribution in [3.05, 3.63) is 17.7 Å². The molecule has 1 aliphatic heterocycles. The Kier molecular flexibility index (Phi) is 7.83. The van der Waals surface area contributed by atoms with Gasteiger partial charge in [-0.15, -0.1) is 0 Å². The van der Waals surface area contributed by atoms with Gasteiger partial charge in [0.25, 0.3) is 5.91 Å². The molecule has 0 saturated carbocycles. The minimum atomic E-state index is -0.182. The number of rotatable bonds is 9. The lowest BCUT2D eigenvalue weighted by Crippen LogP contribution is -2.40. The molecule has 8 heteroatoms. The van der Waals surface area contributed by atoms with Crippen LogP contribution in [-0.4, -0.2) is 50.2 Å². The van der Waals surface area contributed by atoms with Crippen LogP contribution in [0.2, 0.25) is 0 Å². The van der Waals surface area contributed by atoms with Crippen LogP contribution in [0.15, 0.2) is 17.0 Å². The van der Waals surface area contributed by atoms with E-state index in [4.69, 9.17) is 19.7 Å². The van der Waals surface area contributed by atoms with E-state index < -0.39 is 0 Å². The molecule has 2 rings (SSSR count). The van der Waals surface area contributed by atoms with Crippen molar-refractivity contribution in [3.8, 4) is 5.75 Å². The highest BCUT2D eigenvalue weighted by Gasteiger charge is 2.24. The van der Waals surface area contributed by atoms with Crippen LogP contribution in [0.25, 0.3) is 0 Å². The fourth-order valence-electron chi connectivity index (χ4n) is 2.95. The highest BCUT2D eigenvalue weighted by Crippen LogP contribution is 2.33. The average Bonchev–Trinajstić information content (AvgIpc) is 3.08. The number of amides is 1. The first-order chi connectivity index (χ1) is 12.1. The molecule has 1 saturated heterocycles. The third-order valence-electron chi connectivity index (χ3n) is 4.27.